The van der Waals surface area contributed by atoms with Crippen LogP contribution in [0, 0.1) is 5.92 Å². The van der Waals surface area contributed by atoms with E-state index >= 15 is 0 Å². The Labute approximate surface area is 165 Å². The zero-order valence-electron chi connectivity index (χ0n) is 14.0. The van der Waals surface area contributed by atoms with Crippen molar-refractivity contribution in [1.29, 1.82) is 0 Å². The van der Waals surface area contributed by atoms with Gasteiger partial charge in [-0.2, -0.15) is 0 Å². The van der Waals surface area contributed by atoms with Crippen molar-refractivity contribution >= 4 is 56.2 Å². The minimum atomic E-state index is -0.0313. The van der Waals surface area contributed by atoms with Crippen molar-refractivity contribution in [3.05, 3.63) is 27.1 Å². The molecule has 0 unspecified atom stereocenters. The number of nitrogens with zero attached hydrogens (tertiary/aromatic N) is 1. The van der Waals surface area contributed by atoms with Crippen LogP contribution in [-0.4, -0.2) is 33.9 Å². The summed E-state index contributed by atoms with van der Waals surface area (Å²) in [5.74, 6) is 1.10. The van der Waals surface area contributed by atoms with Crippen molar-refractivity contribution in [2.24, 2.45) is 5.92 Å². The number of rotatable bonds is 5. The summed E-state index contributed by atoms with van der Waals surface area (Å²) < 4.78 is 6.31. The summed E-state index contributed by atoms with van der Waals surface area (Å²) in [5.41, 5.74) is 0.776. The summed E-state index contributed by atoms with van der Waals surface area (Å²) in [6.07, 6.45) is 7.97. The smallest absolute Gasteiger partial charge is 0.266 e. The number of thiocarbonyl (C=S) groups is 1. The highest BCUT2D eigenvalue weighted by atomic mass is 79.9. The van der Waals surface area contributed by atoms with E-state index in [9.17, 15) is 9.90 Å². The summed E-state index contributed by atoms with van der Waals surface area (Å²) in [7, 11) is 1.49. The third-order valence-corrected chi connectivity index (χ3v) is 6.66. The third kappa shape index (κ3) is 4.20. The van der Waals surface area contributed by atoms with Gasteiger partial charge < -0.3 is 9.84 Å². The van der Waals surface area contributed by atoms with Crippen LogP contribution in [0.5, 0.6) is 11.5 Å². The molecule has 2 aliphatic rings. The molecule has 4 nitrogen and oxygen atoms in total. The molecule has 0 aromatic heterocycles. The third-order valence-electron chi connectivity index (χ3n) is 4.68. The van der Waals surface area contributed by atoms with Crippen LogP contribution in [0.1, 0.15) is 37.7 Å². The number of halogens is 1. The number of phenolic OH excluding ortho intramolecular Hbond substituents is 1. The average molecular weight is 442 g/mol. The Bertz CT molecular complexity index is 729. The van der Waals surface area contributed by atoms with Gasteiger partial charge >= 0.3 is 0 Å². The topological polar surface area (TPSA) is 49.8 Å². The first-order valence-electron chi connectivity index (χ1n) is 8.31. The lowest BCUT2D eigenvalue weighted by Gasteiger charge is -2.17. The fraction of sp³-hybridized carbons (Fsp3) is 0.444. The number of aromatic hydroxyl groups is 1. The SMILES string of the molecule is COc1cc(C=C2SC(=S)N(CCC3CCCC3)C2=O)cc(Br)c1O. The molecule has 0 atom stereocenters. The summed E-state index contributed by atoms with van der Waals surface area (Å²) in [6, 6.07) is 3.45. The van der Waals surface area contributed by atoms with Crippen LogP contribution in [-0.2, 0) is 4.79 Å². The van der Waals surface area contributed by atoms with E-state index < -0.39 is 0 Å². The molecule has 1 saturated carbocycles. The lowest BCUT2D eigenvalue weighted by molar-refractivity contribution is -0.122. The molecule has 0 bridgehead atoms. The zero-order chi connectivity index (χ0) is 18.0. The van der Waals surface area contributed by atoms with Crippen LogP contribution >= 0.6 is 39.9 Å². The van der Waals surface area contributed by atoms with Crippen LogP contribution in [0.2, 0.25) is 0 Å². The maximum absolute atomic E-state index is 12.7. The van der Waals surface area contributed by atoms with Gasteiger partial charge in [-0.05, 0) is 52.0 Å². The Morgan fingerprint density at radius 3 is 2.84 bits per heavy atom. The van der Waals surface area contributed by atoms with Crippen molar-refractivity contribution in [3.8, 4) is 11.5 Å². The van der Waals surface area contributed by atoms with E-state index in [1.54, 1.807) is 23.1 Å². The van der Waals surface area contributed by atoms with Crippen molar-refractivity contribution < 1.29 is 14.6 Å². The fourth-order valence-electron chi connectivity index (χ4n) is 3.29. The van der Waals surface area contributed by atoms with Crippen LogP contribution in [0.4, 0.5) is 0 Å². The molecular formula is C18H20BrNO3S2. The lowest BCUT2D eigenvalue weighted by Crippen LogP contribution is -2.30. The first kappa shape index (κ1) is 18.7. The predicted molar refractivity (Wildman–Crippen MR) is 109 cm³/mol. The van der Waals surface area contributed by atoms with Crippen molar-refractivity contribution in [3.63, 3.8) is 0 Å². The number of benzene rings is 1. The van der Waals surface area contributed by atoms with E-state index in [1.165, 1.54) is 44.6 Å². The monoisotopic (exact) mass is 441 g/mol. The molecule has 134 valence electrons. The van der Waals surface area contributed by atoms with Crippen LogP contribution in [0.15, 0.2) is 21.5 Å². The molecule has 1 amide bonds. The molecule has 25 heavy (non-hydrogen) atoms. The average Bonchev–Trinajstić information content (AvgIpc) is 3.18. The maximum atomic E-state index is 12.7. The number of hydrogen-bond acceptors (Lipinski definition) is 5. The largest absolute Gasteiger partial charge is 0.503 e. The Kier molecular flexibility index (Phi) is 6.07. The molecule has 1 heterocycles. The van der Waals surface area contributed by atoms with Crippen molar-refractivity contribution in [2.45, 2.75) is 32.1 Å². The van der Waals surface area contributed by atoms with Gasteiger partial charge in [-0.3, -0.25) is 9.69 Å². The molecule has 1 N–H and O–H groups in total. The van der Waals surface area contributed by atoms with Gasteiger partial charge in [0.2, 0.25) is 0 Å². The molecule has 1 aromatic carbocycles. The van der Waals surface area contributed by atoms with E-state index in [2.05, 4.69) is 15.9 Å². The van der Waals surface area contributed by atoms with E-state index in [0.717, 1.165) is 17.9 Å². The number of hydrogen-bond donors (Lipinski definition) is 1. The molecule has 1 saturated heterocycles. The summed E-state index contributed by atoms with van der Waals surface area (Å²) in [6.45, 7) is 0.704. The highest BCUT2D eigenvalue weighted by molar-refractivity contribution is 9.10. The molecule has 1 aliphatic heterocycles. The normalized spacial score (nSPS) is 20.1. The highest BCUT2D eigenvalue weighted by Crippen LogP contribution is 2.38. The second-order valence-electron chi connectivity index (χ2n) is 6.33. The molecule has 2 fully saturated rings. The number of ether oxygens (including phenoxy) is 1. The fourth-order valence-corrected chi connectivity index (χ4v) is 5.06. The molecule has 7 heteroatoms. The molecule has 0 radical (unpaired) electrons. The van der Waals surface area contributed by atoms with Crippen molar-refractivity contribution in [1.82, 2.24) is 4.90 Å². The van der Waals surface area contributed by atoms with E-state index in [4.69, 9.17) is 17.0 Å². The Balaban J connectivity index is 1.74. The predicted octanol–water partition coefficient (Wildman–Crippen LogP) is 4.94. The van der Waals surface area contributed by atoms with Crippen LogP contribution in [0.3, 0.4) is 0 Å². The number of methoxy groups -OCH3 is 1. The number of carbonyl (C=O) groups is 1. The lowest BCUT2D eigenvalue weighted by atomic mass is 10.0. The molecular weight excluding hydrogens is 422 g/mol. The van der Waals surface area contributed by atoms with Gasteiger partial charge in [-0.15, -0.1) is 0 Å². The van der Waals surface area contributed by atoms with Gasteiger partial charge in [0.15, 0.2) is 11.5 Å². The first-order chi connectivity index (χ1) is 12.0. The zero-order valence-corrected chi connectivity index (χ0v) is 17.2. The number of thioether (sulfide) groups is 1. The highest BCUT2D eigenvalue weighted by Gasteiger charge is 2.32. The summed E-state index contributed by atoms with van der Waals surface area (Å²) in [4.78, 5) is 15.0. The second-order valence-corrected chi connectivity index (χ2v) is 8.86. The first-order valence-corrected chi connectivity index (χ1v) is 10.3. The molecule has 1 aliphatic carbocycles. The van der Waals surface area contributed by atoms with Gasteiger partial charge in [0.05, 0.1) is 16.5 Å². The summed E-state index contributed by atoms with van der Waals surface area (Å²) >= 11 is 10.0. The number of amides is 1. The summed E-state index contributed by atoms with van der Waals surface area (Å²) in [5, 5.41) is 9.90. The van der Waals surface area contributed by atoms with Crippen LogP contribution in [0.25, 0.3) is 6.08 Å². The Morgan fingerprint density at radius 2 is 2.16 bits per heavy atom. The second kappa shape index (κ2) is 8.10. The van der Waals surface area contributed by atoms with Crippen molar-refractivity contribution in [2.75, 3.05) is 13.7 Å². The van der Waals surface area contributed by atoms with E-state index in [0.29, 0.717) is 26.0 Å². The van der Waals surface area contributed by atoms with Gasteiger partial charge in [0.1, 0.15) is 4.32 Å². The molecule has 1 aromatic rings. The number of phenols is 1. The minimum absolute atomic E-state index is 0.0313. The van der Waals surface area contributed by atoms with E-state index in [1.807, 2.05) is 0 Å². The minimum Gasteiger partial charge on any atom is -0.503 e. The number of carbonyl (C=O) groups excluding carboxylic acids is 1. The molecule has 3 rings (SSSR count). The molecule has 0 spiro atoms. The van der Waals surface area contributed by atoms with Gasteiger partial charge in [-0.25, -0.2) is 0 Å². The van der Waals surface area contributed by atoms with Crippen LogP contribution < -0.4 is 4.74 Å². The van der Waals surface area contributed by atoms with Gasteiger partial charge in [0.25, 0.3) is 5.91 Å². The quantitative estimate of drug-likeness (QED) is 0.517. The van der Waals surface area contributed by atoms with Gasteiger partial charge in [-0.1, -0.05) is 49.7 Å². The maximum Gasteiger partial charge on any atom is 0.266 e. The van der Waals surface area contributed by atoms with E-state index in [-0.39, 0.29) is 11.7 Å². The standard InChI is InChI=1S/C18H20BrNO3S2/c1-23-14-9-12(8-13(19)16(14)21)10-15-17(22)20(18(24)25-15)7-6-11-4-2-3-5-11/h8-11,21H,2-7H2,1H3. The Hall–Kier alpha value is -1.05. The van der Waals surface area contributed by atoms with Gasteiger partial charge in [0, 0.05) is 6.54 Å². The Morgan fingerprint density at radius 1 is 1.44 bits per heavy atom.